The molecule has 0 atom stereocenters. The van der Waals surface area contributed by atoms with Crippen LogP contribution in [-0.4, -0.2) is 14.5 Å². The molecule has 2 heterocycles. The number of rotatable bonds is 4. The van der Waals surface area contributed by atoms with Crippen molar-refractivity contribution in [3.63, 3.8) is 0 Å². The van der Waals surface area contributed by atoms with Crippen LogP contribution in [0.2, 0.25) is 0 Å². The summed E-state index contributed by atoms with van der Waals surface area (Å²) in [6, 6.07) is 10.1. The van der Waals surface area contributed by atoms with Gasteiger partial charge in [-0.25, -0.2) is 9.97 Å². The molecule has 102 valence electrons. The molecule has 0 bridgehead atoms. The smallest absolute Gasteiger partial charge is 0.207 e. The lowest BCUT2D eigenvalue weighted by Crippen LogP contribution is -2.03. The zero-order valence-electron chi connectivity index (χ0n) is 11.5. The van der Waals surface area contributed by atoms with Gasteiger partial charge in [0.25, 0.3) is 0 Å². The molecule has 2 aromatic heterocycles. The van der Waals surface area contributed by atoms with E-state index in [1.165, 1.54) is 4.88 Å². The number of nitrogens with one attached hydrogen (secondary N) is 1. The molecule has 3 aromatic rings. The van der Waals surface area contributed by atoms with Crippen LogP contribution in [0.1, 0.15) is 15.6 Å². The van der Waals surface area contributed by atoms with E-state index >= 15 is 0 Å². The standard InChI is InChI=1S/C15H16N4S/c1-11-9-19(10-14-8-16-12(2)20-14)15(17-11)18-13-6-4-3-5-7-13/h3-9H,10H2,1-2H3,(H,17,18). The van der Waals surface area contributed by atoms with E-state index in [9.17, 15) is 0 Å². The number of aryl methyl sites for hydroxylation is 2. The summed E-state index contributed by atoms with van der Waals surface area (Å²) in [5, 5.41) is 4.45. The number of benzene rings is 1. The molecule has 0 radical (unpaired) electrons. The number of nitrogens with zero attached hydrogens (tertiary/aromatic N) is 3. The highest BCUT2D eigenvalue weighted by atomic mass is 32.1. The maximum absolute atomic E-state index is 4.54. The molecule has 3 rings (SSSR count). The van der Waals surface area contributed by atoms with E-state index in [0.29, 0.717) is 0 Å². The highest BCUT2D eigenvalue weighted by Gasteiger charge is 2.08. The zero-order chi connectivity index (χ0) is 13.9. The predicted molar refractivity (Wildman–Crippen MR) is 82.6 cm³/mol. The first-order valence-corrected chi connectivity index (χ1v) is 7.29. The molecule has 4 nitrogen and oxygen atoms in total. The van der Waals surface area contributed by atoms with Crippen LogP contribution in [-0.2, 0) is 6.54 Å². The molecule has 1 N–H and O–H groups in total. The van der Waals surface area contributed by atoms with Crippen molar-refractivity contribution in [1.82, 2.24) is 14.5 Å². The number of para-hydroxylation sites is 1. The van der Waals surface area contributed by atoms with Gasteiger partial charge in [0.05, 0.1) is 17.2 Å². The Morgan fingerprint density at radius 3 is 2.70 bits per heavy atom. The van der Waals surface area contributed by atoms with Crippen LogP contribution >= 0.6 is 11.3 Å². The Hall–Kier alpha value is -2.14. The fourth-order valence-corrected chi connectivity index (χ4v) is 2.86. The Morgan fingerprint density at radius 2 is 2.00 bits per heavy atom. The molecule has 1 aromatic carbocycles. The minimum atomic E-state index is 0.793. The van der Waals surface area contributed by atoms with Gasteiger partial charge in [-0.2, -0.15) is 0 Å². The Bertz CT molecular complexity index is 700. The summed E-state index contributed by atoms with van der Waals surface area (Å²) < 4.78 is 2.12. The molecule has 0 saturated heterocycles. The highest BCUT2D eigenvalue weighted by Crippen LogP contribution is 2.19. The summed E-state index contributed by atoms with van der Waals surface area (Å²) in [6.07, 6.45) is 3.99. The minimum absolute atomic E-state index is 0.793. The van der Waals surface area contributed by atoms with E-state index in [0.717, 1.165) is 28.9 Å². The second kappa shape index (κ2) is 5.46. The monoisotopic (exact) mass is 284 g/mol. The number of aromatic nitrogens is 3. The molecule has 0 unspecified atom stereocenters. The molecule has 0 aliphatic heterocycles. The van der Waals surface area contributed by atoms with Gasteiger partial charge in [-0.15, -0.1) is 11.3 Å². The highest BCUT2D eigenvalue weighted by molar-refractivity contribution is 7.11. The number of thiazole rings is 1. The van der Waals surface area contributed by atoms with Crippen molar-refractivity contribution < 1.29 is 0 Å². The zero-order valence-corrected chi connectivity index (χ0v) is 12.3. The maximum Gasteiger partial charge on any atom is 0.207 e. The summed E-state index contributed by atoms with van der Waals surface area (Å²) in [4.78, 5) is 10.1. The maximum atomic E-state index is 4.54. The van der Waals surface area contributed by atoms with Crippen LogP contribution in [0.5, 0.6) is 0 Å². The van der Waals surface area contributed by atoms with Gasteiger partial charge in [0, 0.05) is 23.0 Å². The Kier molecular flexibility index (Phi) is 3.52. The topological polar surface area (TPSA) is 42.7 Å². The molecule has 0 spiro atoms. The van der Waals surface area contributed by atoms with Gasteiger partial charge in [-0.05, 0) is 26.0 Å². The second-order valence-electron chi connectivity index (χ2n) is 4.67. The molecule has 0 saturated carbocycles. The quantitative estimate of drug-likeness (QED) is 0.793. The Balaban J connectivity index is 1.84. The van der Waals surface area contributed by atoms with Gasteiger partial charge in [0.15, 0.2) is 0 Å². The molecule has 0 amide bonds. The van der Waals surface area contributed by atoms with Crippen LogP contribution in [0.4, 0.5) is 11.6 Å². The van der Waals surface area contributed by atoms with Crippen molar-refractivity contribution in [1.29, 1.82) is 0 Å². The fourth-order valence-electron chi connectivity index (χ4n) is 2.06. The third kappa shape index (κ3) is 2.88. The van der Waals surface area contributed by atoms with E-state index in [1.807, 2.05) is 50.4 Å². The van der Waals surface area contributed by atoms with Crippen LogP contribution < -0.4 is 5.32 Å². The first-order chi connectivity index (χ1) is 9.70. The molecule has 5 heteroatoms. The predicted octanol–water partition coefficient (Wildman–Crippen LogP) is 3.75. The summed E-state index contributed by atoms with van der Waals surface area (Å²) in [5.74, 6) is 0.861. The number of hydrogen-bond donors (Lipinski definition) is 1. The third-order valence-electron chi connectivity index (χ3n) is 2.92. The summed E-state index contributed by atoms with van der Waals surface area (Å²) in [5.41, 5.74) is 2.05. The first-order valence-electron chi connectivity index (χ1n) is 6.48. The summed E-state index contributed by atoms with van der Waals surface area (Å²) in [7, 11) is 0. The van der Waals surface area contributed by atoms with Crippen molar-refractivity contribution in [3.8, 4) is 0 Å². The van der Waals surface area contributed by atoms with Crippen LogP contribution in [0.25, 0.3) is 0 Å². The van der Waals surface area contributed by atoms with E-state index in [-0.39, 0.29) is 0 Å². The molecular formula is C15H16N4S. The minimum Gasteiger partial charge on any atom is -0.326 e. The van der Waals surface area contributed by atoms with E-state index < -0.39 is 0 Å². The van der Waals surface area contributed by atoms with Crippen molar-refractivity contribution in [2.75, 3.05) is 5.32 Å². The largest absolute Gasteiger partial charge is 0.326 e. The van der Waals surface area contributed by atoms with Gasteiger partial charge >= 0.3 is 0 Å². The Morgan fingerprint density at radius 1 is 1.20 bits per heavy atom. The van der Waals surface area contributed by atoms with Crippen molar-refractivity contribution >= 4 is 23.0 Å². The molecule has 0 fully saturated rings. The van der Waals surface area contributed by atoms with E-state index in [2.05, 4.69) is 26.0 Å². The van der Waals surface area contributed by atoms with Gasteiger partial charge in [-0.1, -0.05) is 18.2 Å². The first kappa shape index (κ1) is 12.9. The normalized spacial score (nSPS) is 10.7. The molecule has 20 heavy (non-hydrogen) atoms. The Labute approximate surface area is 122 Å². The number of imidazole rings is 1. The van der Waals surface area contributed by atoms with Gasteiger partial charge in [-0.3, -0.25) is 0 Å². The lowest BCUT2D eigenvalue weighted by molar-refractivity contribution is 0.818. The van der Waals surface area contributed by atoms with Crippen LogP contribution in [0.3, 0.4) is 0 Å². The van der Waals surface area contributed by atoms with Crippen LogP contribution in [0, 0.1) is 13.8 Å². The van der Waals surface area contributed by atoms with Crippen LogP contribution in [0.15, 0.2) is 42.7 Å². The fraction of sp³-hybridized carbons (Fsp3) is 0.200. The SMILES string of the molecule is Cc1cn(Cc2cnc(C)s2)c(Nc2ccccc2)n1. The van der Waals surface area contributed by atoms with Crippen molar-refractivity contribution in [3.05, 3.63) is 58.3 Å². The van der Waals surface area contributed by atoms with Crippen molar-refractivity contribution in [2.24, 2.45) is 0 Å². The number of anilines is 2. The molecular weight excluding hydrogens is 268 g/mol. The summed E-state index contributed by atoms with van der Waals surface area (Å²) >= 11 is 1.72. The molecule has 0 aliphatic rings. The average molecular weight is 284 g/mol. The summed E-state index contributed by atoms with van der Waals surface area (Å²) in [6.45, 7) is 4.82. The van der Waals surface area contributed by atoms with E-state index in [1.54, 1.807) is 11.3 Å². The second-order valence-corrected chi connectivity index (χ2v) is 5.99. The molecule has 0 aliphatic carbocycles. The third-order valence-corrected chi connectivity index (χ3v) is 3.82. The lowest BCUT2D eigenvalue weighted by atomic mass is 10.3. The van der Waals surface area contributed by atoms with Gasteiger partial charge < -0.3 is 9.88 Å². The van der Waals surface area contributed by atoms with E-state index in [4.69, 9.17) is 0 Å². The van der Waals surface area contributed by atoms with Gasteiger partial charge in [0.2, 0.25) is 5.95 Å². The average Bonchev–Trinajstić information content (AvgIpc) is 2.98. The van der Waals surface area contributed by atoms with Crippen molar-refractivity contribution in [2.45, 2.75) is 20.4 Å². The lowest BCUT2D eigenvalue weighted by Gasteiger charge is -2.08. The van der Waals surface area contributed by atoms with Gasteiger partial charge in [0.1, 0.15) is 0 Å². The number of hydrogen-bond acceptors (Lipinski definition) is 4.